The molecule has 0 aliphatic carbocycles. The van der Waals surface area contributed by atoms with Crippen molar-refractivity contribution >= 4 is 17.5 Å². The topological polar surface area (TPSA) is 111 Å². The summed E-state index contributed by atoms with van der Waals surface area (Å²) in [6.45, 7) is 0.877. The standard InChI is InChI=1S/C21H23N5O4/c27-19(14-26-21(29)25-11-3-1-2-6-18(25)24-26)22-13-15-7-9-16(10-8-15)23-20(28)17-5-4-12-30-17/h4-5,7-10,12H,1-3,6,11,13-14H2,(H,22,27)(H,23,28). The number of hydrogen-bond donors (Lipinski definition) is 2. The van der Waals surface area contributed by atoms with E-state index in [1.54, 1.807) is 28.8 Å². The minimum absolute atomic E-state index is 0.101. The van der Waals surface area contributed by atoms with Crippen molar-refractivity contribution in [2.45, 2.75) is 45.3 Å². The van der Waals surface area contributed by atoms with E-state index in [2.05, 4.69) is 15.7 Å². The quantitative estimate of drug-likeness (QED) is 0.646. The number of hydrogen-bond acceptors (Lipinski definition) is 5. The molecule has 156 valence electrons. The van der Waals surface area contributed by atoms with Crippen molar-refractivity contribution in [2.75, 3.05) is 5.32 Å². The molecule has 1 aromatic carbocycles. The number of nitrogens with one attached hydrogen (secondary N) is 2. The second kappa shape index (κ2) is 8.81. The molecule has 0 atom stereocenters. The SMILES string of the molecule is O=C(Cn1nc2n(c1=O)CCCCC2)NCc1ccc(NC(=O)c2ccco2)cc1. The first-order chi connectivity index (χ1) is 14.6. The smallest absolute Gasteiger partial charge is 0.346 e. The predicted octanol–water partition coefficient (Wildman–Crippen LogP) is 1.93. The Morgan fingerprint density at radius 3 is 2.70 bits per heavy atom. The number of aromatic nitrogens is 3. The Morgan fingerprint density at radius 2 is 1.93 bits per heavy atom. The maximum absolute atomic E-state index is 12.4. The molecule has 1 aliphatic rings. The van der Waals surface area contributed by atoms with Crippen molar-refractivity contribution in [3.63, 3.8) is 0 Å². The van der Waals surface area contributed by atoms with E-state index < -0.39 is 0 Å². The number of benzene rings is 1. The number of anilines is 1. The summed E-state index contributed by atoms with van der Waals surface area (Å²) < 4.78 is 7.97. The number of nitrogens with zero attached hydrogens (tertiary/aromatic N) is 3. The number of furan rings is 1. The molecule has 0 unspecified atom stereocenters. The first-order valence-corrected chi connectivity index (χ1v) is 9.97. The summed E-state index contributed by atoms with van der Waals surface area (Å²) in [7, 11) is 0. The van der Waals surface area contributed by atoms with Crippen molar-refractivity contribution in [3.8, 4) is 0 Å². The molecule has 30 heavy (non-hydrogen) atoms. The molecular formula is C21H23N5O4. The van der Waals surface area contributed by atoms with Crippen LogP contribution in [0, 0.1) is 0 Å². The van der Waals surface area contributed by atoms with E-state index in [-0.39, 0.29) is 29.8 Å². The van der Waals surface area contributed by atoms with Gasteiger partial charge in [0.05, 0.1) is 6.26 Å². The third kappa shape index (κ3) is 4.51. The molecule has 2 aromatic heterocycles. The molecule has 2 amide bonds. The highest BCUT2D eigenvalue weighted by Crippen LogP contribution is 2.12. The fraction of sp³-hybridized carbons (Fsp3) is 0.333. The van der Waals surface area contributed by atoms with Crippen LogP contribution in [0.25, 0.3) is 0 Å². The predicted molar refractivity (Wildman–Crippen MR) is 109 cm³/mol. The van der Waals surface area contributed by atoms with Crippen LogP contribution < -0.4 is 16.3 Å². The van der Waals surface area contributed by atoms with E-state index in [0.29, 0.717) is 18.8 Å². The third-order valence-corrected chi connectivity index (χ3v) is 5.02. The van der Waals surface area contributed by atoms with Gasteiger partial charge in [0.25, 0.3) is 5.91 Å². The third-order valence-electron chi connectivity index (χ3n) is 5.02. The number of amides is 2. The fourth-order valence-electron chi connectivity index (χ4n) is 3.43. The van der Waals surface area contributed by atoms with Gasteiger partial charge >= 0.3 is 5.69 Å². The molecule has 0 spiro atoms. The Hall–Kier alpha value is -3.62. The Kier molecular flexibility index (Phi) is 5.78. The second-order valence-electron chi connectivity index (χ2n) is 7.22. The summed E-state index contributed by atoms with van der Waals surface area (Å²) in [5.74, 6) is 0.390. The summed E-state index contributed by atoms with van der Waals surface area (Å²) in [4.78, 5) is 36.7. The maximum atomic E-state index is 12.4. The van der Waals surface area contributed by atoms with Crippen LogP contribution in [0.4, 0.5) is 5.69 Å². The van der Waals surface area contributed by atoms with Gasteiger partial charge in [0.15, 0.2) is 5.76 Å². The van der Waals surface area contributed by atoms with Crippen LogP contribution >= 0.6 is 0 Å². The average Bonchev–Trinajstić information content (AvgIpc) is 3.31. The summed E-state index contributed by atoms with van der Waals surface area (Å²) in [6, 6.07) is 10.3. The summed E-state index contributed by atoms with van der Waals surface area (Å²) in [5, 5.41) is 9.86. The molecule has 3 heterocycles. The van der Waals surface area contributed by atoms with Gasteiger partial charge in [-0.3, -0.25) is 14.2 Å². The number of carbonyl (C=O) groups excluding carboxylic acids is 2. The van der Waals surface area contributed by atoms with Crippen LogP contribution in [0.5, 0.6) is 0 Å². The van der Waals surface area contributed by atoms with Gasteiger partial charge in [0, 0.05) is 25.2 Å². The van der Waals surface area contributed by atoms with Crippen LogP contribution in [0.3, 0.4) is 0 Å². The first kappa shape index (κ1) is 19.7. The lowest BCUT2D eigenvalue weighted by Crippen LogP contribution is -2.33. The van der Waals surface area contributed by atoms with E-state index in [4.69, 9.17) is 4.42 Å². The van der Waals surface area contributed by atoms with Gasteiger partial charge in [0.1, 0.15) is 12.4 Å². The second-order valence-corrected chi connectivity index (χ2v) is 7.22. The fourth-order valence-corrected chi connectivity index (χ4v) is 3.43. The molecular weight excluding hydrogens is 386 g/mol. The lowest BCUT2D eigenvalue weighted by atomic mass is 10.2. The Morgan fingerprint density at radius 1 is 1.10 bits per heavy atom. The highest BCUT2D eigenvalue weighted by molar-refractivity contribution is 6.02. The molecule has 0 radical (unpaired) electrons. The molecule has 0 bridgehead atoms. The molecule has 3 aromatic rings. The van der Waals surface area contributed by atoms with E-state index in [1.165, 1.54) is 10.9 Å². The zero-order valence-corrected chi connectivity index (χ0v) is 16.5. The average molecular weight is 409 g/mol. The van der Waals surface area contributed by atoms with Gasteiger partial charge in [-0.05, 0) is 42.7 Å². The number of carbonyl (C=O) groups is 2. The minimum Gasteiger partial charge on any atom is -0.459 e. The number of aryl methyl sites for hydroxylation is 1. The minimum atomic E-state index is -0.329. The molecule has 0 saturated carbocycles. The molecule has 4 rings (SSSR count). The lowest BCUT2D eigenvalue weighted by Gasteiger charge is -2.07. The number of rotatable bonds is 6. The maximum Gasteiger partial charge on any atom is 0.346 e. The van der Waals surface area contributed by atoms with Crippen molar-refractivity contribution in [1.82, 2.24) is 19.7 Å². The van der Waals surface area contributed by atoms with Crippen LogP contribution in [-0.4, -0.2) is 26.2 Å². The molecule has 0 fully saturated rings. The van der Waals surface area contributed by atoms with Crippen molar-refractivity contribution in [1.29, 1.82) is 0 Å². The van der Waals surface area contributed by atoms with Gasteiger partial charge in [-0.1, -0.05) is 18.6 Å². The highest BCUT2D eigenvalue weighted by atomic mass is 16.3. The van der Waals surface area contributed by atoms with Gasteiger partial charge in [-0.15, -0.1) is 0 Å². The molecule has 2 N–H and O–H groups in total. The lowest BCUT2D eigenvalue weighted by molar-refractivity contribution is -0.122. The first-order valence-electron chi connectivity index (χ1n) is 9.97. The molecule has 1 aliphatic heterocycles. The number of fused-ring (bicyclic) bond motifs is 1. The van der Waals surface area contributed by atoms with Gasteiger partial charge < -0.3 is 15.1 Å². The Balaban J connectivity index is 1.30. The van der Waals surface area contributed by atoms with Crippen LogP contribution in [0.1, 0.15) is 41.2 Å². The van der Waals surface area contributed by atoms with Crippen molar-refractivity contribution in [3.05, 3.63) is 70.3 Å². The summed E-state index contributed by atoms with van der Waals surface area (Å²) in [6.07, 6.45) is 5.28. The Labute approximate surface area is 172 Å². The van der Waals surface area contributed by atoms with E-state index in [1.807, 2.05) is 12.1 Å². The van der Waals surface area contributed by atoms with Gasteiger partial charge in [-0.25, -0.2) is 9.48 Å². The van der Waals surface area contributed by atoms with E-state index >= 15 is 0 Å². The van der Waals surface area contributed by atoms with E-state index in [0.717, 1.165) is 37.1 Å². The van der Waals surface area contributed by atoms with Gasteiger partial charge in [0.2, 0.25) is 5.91 Å². The zero-order valence-electron chi connectivity index (χ0n) is 16.5. The molecule has 9 nitrogen and oxygen atoms in total. The largest absolute Gasteiger partial charge is 0.459 e. The summed E-state index contributed by atoms with van der Waals surface area (Å²) >= 11 is 0. The van der Waals surface area contributed by atoms with Crippen molar-refractivity contribution < 1.29 is 14.0 Å². The Bertz CT molecular complexity index is 1080. The monoisotopic (exact) mass is 409 g/mol. The zero-order chi connectivity index (χ0) is 20.9. The van der Waals surface area contributed by atoms with E-state index in [9.17, 15) is 14.4 Å². The molecule has 9 heteroatoms. The van der Waals surface area contributed by atoms with Gasteiger partial charge in [-0.2, -0.15) is 5.10 Å². The molecule has 0 saturated heterocycles. The normalized spacial score (nSPS) is 13.3. The van der Waals surface area contributed by atoms with Crippen molar-refractivity contribution in [2.24, 2.45) is 0 Å². The summed E-state index contributed by atoms with van der Waals surface area (Å²) in [5.41, 5.74) is 1.27. The van der Waals surface area contributed by atoms with Crippen LogP contribution in [0.15, 0.2) is 51.9 Å². The van der Waals surface area contributed by atoms with Crippen LogP contribution in [0.2, 0.25) is 0 Å². The highest BCUT2D eigenvalue weighted by Gasteiger charge is 2.17. The van der Waals surface area contributed by atoms with Crippen LogP contribution in [-0.2, 0) is 30.8 Å².